The van der Waals surface area contributed by atoms with Crippen LogP contribution in [-0.4, -0.2) is 32.2 Å². The van der Waals surface area contributed by atoms with Gasteiger partial charge in [-0.25, -0.2) is 0 Å². The number of thioether (sulfide) groups is 1. The summed E-state index contributed by atoms with van der Waals surface area (Å²) in [6, 6.07) is 16.5. The number of ketones is 1. The van der Waals surface area contributed by atoms with Crippen molar-refractivity contribution in [2.45, 2.75) is 25.2 Å². The molecule has 7 heteroatoms. The van der Waals surface area contributed by atoms with Crippen molar-refractivity contribution in [3.8, 4) is 0 Å². The number of nitrogens with zero attached hydrogens (tertiary/aromatic N) is 3. The lowest BCUT2D eigenvalue weighted by molar-refractivity contribution is 0.0948. The van der Waals surface area contributed by atoms with Crippen LogP contribution in [0.25, 0.3) is 0 Å². The molecule has 6 nitrogen and oxygen atoms in total. The molecule has 148 valence electrons. The van der Waals surface area contributed by atoms with Crippen LogP contribution in [0.3, 0.4) is 0 Å². The van der Waals surface area contributed by atoms with Crippen molar-refractivity contribution in [1.29, 1.82) is 0 Å². The summed E-state index contributed by atoms with van der Waals surface area (Å²) < 4.78 is 1.85. The quantitative estimate of drug-likeness (QED) is 0.333. The van der Waals surface area contributed by atoms with Gasteiger partial charge in [-0.15, -0.1) is 16.8 Å². The van der Waals surface area contributed by atoms with Crippen LogP contribution < -0.4 is 5.32 Å². The molecule has 0 aliphatic heterocycles. The molecule has 1 heterocycles. The van der Waals surface area contributed by atoms with Gasteiger partial charge in [0.15, 0.2) is 16.8 Å². The molecule has 0 atom stereocenters. The zero-order valence-electron chi connectivity index (χ0n) is 16.2. The minimum absolute atomic E-state index is 0.0259. The molecule has 1 aromatic heterocycles. The minimum Gasteiger partial charge on any atom is -0.345 e. The Balaban J connectivity index is 1.64. The Morgan fingerprint density at radius 1 is 1.07 bits per heavy atom. The van der Waals surface area contributed by atoms with Crippen LogP contribution in [0, 0.1) is 6.92 Å². The fraction of sp³-hybridized carbons (Fsp3) is 0.182. The molecular weight excluding hydrogens is 384 g/mol. The topological polar surface area (TPSA) is 76.9 Å². The first-order valence-electron chi connectivity index (χ1n) is 9.17. The summed E-state index contributed by atoms with van der Waals surface area (Å²) in [5.74, 6) is 0.722. The lowest BCUT2D eigenvalue weighted by Crippen LogP contribution is -2.24. The molecule has 3 rings (SSSR count). The maximum atomic E-state index is 12.3. The summed E-state index contributed by atoms with van der Waals surface area (Å²) in [6.07, 6.45) is 1.73. The number of aryl methyl sites for hydroxylation is 1. The molecule has 29 heavy (non-hydrogen) atoms. The second kappa shape index (κ2) is 9.84. The van der Waals surface area contributed by atoms with Crippen LogP contribution in [0.5, 0.6) is 0 Å². The number of rotatable bonds is 9. The normalized spacial score (nSPS) is 10.5. The van der Waals surface area contributed by atoms with E-state index in [2.05, 4.69) is 22.1 Å². The van der Waals surface area contributed by atoms with Gasteiger partial charge in [-0.1, -0.05) is 65.9 Å². The number of benzene rings is 2. The third kappa shape index (κ3) is 5.42. The summed E-state index contributed by atoms with van der Waals surface area (Å²) in [5, 5.41) is 11.9. The Hall–Kier alpha value is -3.19. The highest BCUT2D eigenvalue weighted by atomic mass is 32.2. The standard InChI is InChI=1S/C22H22N4O2S/c1-3-13-26-20(14-23-21(28)18-11-9-16(2)10-12-18)24-25-22(26)29-15-19(27)17-7-5-4-6-8-17/h3-12H,1,13-15H2,2H3,(H,23,28). The molecule has 0 unspecified atom stereocenters. The highest BCUT2D eigenvalue weighted by Crippen LogP contribution is 2.19. The first kappa shape index (κ1) is 20.5. The SMILES string of the molecule is C=CCn1c(CNC(=O)c2ccc(C)cc2)nnc1SCC(=O)c1ccccc1. The number of allylic oxidation sites excluding steroid dienone is 1. The van der Waals surface area contributed by atoms with Crippen LogP contribution in [-0.2, 0) is 13.1 Å². The second-order valence-corrected chi connectivity index (χ2v) is 7.37. The second-order valence-electron chi connectivity index (χ2n) is 6.42. The molecule has 0 radical (unpaired) electrons. The van der Waals surface area contributed by atoms with Crippen molar-refractivity contribution in [1.82, 2.24) is 20.1 Å². The Morgan fingerprint density at radius 3 is 2.48 bits per heavy atom. The number of carbonyl (C=O) groups excluding carboxylic acids is 2. The van der Waals surface area contributed by atoms with Crippen molar-refractivity contribution < 1.29 is 9.59 Å². The van der Waals surface area contributed by atoms with Crippen LogP contribution >= 0.6 is 11.8 Å². The zero-order valence-corrected chi connectivity index (χ0v) is 17.0. The minimum atomic E-state index is -0.174. The molecule has 1 amide bonds. The van der Waals surface area contributed by atoms with Crippen molar-refractivity contribution in [3.05, 3.63) is 89.8 Å². The number of carbonyl (C=O) groups is 2. The summed E-state index contributed by atoms with van der Waals surface area (Å²) in [7, 11) is 0. The first-order valence-corrected chi connectivity index (χ1v) is 10.2. The van der Waals surface area contributed by atoms with Crippen LogP contribution in [0.1, 0.15) is 32.1 Å². The van der Waals surface area contributed by atoms with E-state index in [1.165, 1.54) is 11.8 Å². The average Bonchev–Trinajstić information content (AvgIpc) is 3.13. The number of amides is 1. The molecule has 2 aromatic carbocycles. The van der Waals surface area contributed by atoms with Crippen LogP contribution in [0.4, 0.5) is 0 Å². The van der Waals surface area contributed by atoms with E-state index in [0.29, 0.717) is 28.7 Å². The fourth-order valence-corrected chi connectivity index (χ4v) is 3.53. The number of hydrogen-bond acceptors (Lipinski definition) is 5. The van der Waals surface area contributed by atoms with Crippen LogP contribution in [0.2, 0.25) is 0 Å². The van der Waals surface area contributed by atoms with E-state index in [9.17, 15) is 9.59 Å². The lowest BCUT2D eigenvalue weighted by atomic mass is 10.1. The number of nitrogens with one attached hydrogen (secondary N) is 1. The van der Waals surface area contributed by atoms with Gasteiger partial charge in [0, 0.05) is 17.7 Å². The molecule has 0 saturated carbocycles. The van der Waals surface area contributed by atoms with Gasteiger partial charge in [0.05, 0.1) is 12.3 Å². The number of hydrogen-bond donors (Lipinski definition) is 1. The van der Waals surface area contributed by atoms with Gasteiger partial charge in [0.25, 0.3) is 5.91 Å². The van der Waals surface area contributed by atoms with Crippen molar-refractivity contribution in [2.24, 2.45) is 0 Å². The van der Waals surface area contributed by atoms with E-state index in [1.807, 2.05) is 41.8 Å². The molecular formula is C22H22N4O2S. The maximum Gasteiger partial charge on any atom is 0.251 e. The van der Waals surface area contributed by atoms with Gasteiger partial charge in [-0.2, -0.15) is 0 Å². The van der Waals surface area contributed by atoms with E-state index in [1.54, 1.807) is 30.3 Å². The van der Waals surface area contributed by atoms with E-state index in [0.717, 1.165) is 5.56 Å². The van der Waals surface area contributed by atoms with Gasteiger partial charge in [-0.3, -0.25) is 9.59 Å². The summed E-state index contributed by atoms with van der Waals surface area (Å²) >= 11 is 1.32. The zero-order chi connectivity index (χ0) is 20.6. The van der Waals surface area contributed by atoms with Gasteiger partial charge < -0.3 is 9.88 Å². The highest BCUT2D eigenvalue weighted by Gasteiger charge is 2.15. The molecule has 1 N–H and O–H groups in total. The Morgan fingerprint density at radius 2 is 1.79 bits per heavy atom. The molecule has 0 fully saturated rings. The monoisotopic (exact) mass is 406 g/mol. The molecule has 3 aromatic rings. The summed E-state index contributed by atoms with van der Waals surface area (Å²) in [6.45, 7) is 6.47. The predicted molar refractivity (Wildman–Crippen MR) is 114 cm³/mol. The number of Topliss-reactive ketones (excluding diaryl/α,β-unsaturated/α-hetero) is 1. The fourth-order valence-electron chi connectivity index (χ4n) is 2.67. The maximum absolute atomic E-state index is 12.3. The summed E-state index contributed by atoms with van der Waals surface area (Å²) in [4.78, 5) is 24.7. The lowest BCUT2D eigenvalue weighted by Gasteiger charge is -2.09. The Kier molecular flexibility index (Phi) is 6.97. The smallest absolute Gasteiger partial charge is 0.251 e. The average molecular weight is 407 g/mol. The van der Waals surface area contributed by atoms with Gasteiger partial charge in [0.1, 0.15) is 0 Å². The summed E-state index contributed by atoms with van der Waals surface area (Å²) in [5.41, 5.74) is 2.35. The van der Waals surface area contributed by atoms with Gasteiger partial charge >= 0.3 is 0 Å². The van der Waals surface area contributed by atoms with E-state index >= 15 is 0 Å². The molecule has 0 spiro atoms. The molecule has 0 saturated heterocycles. The van der Waals surface area contributed by atoms with Crippen molar-refractivity contribution in [3.63, 3.8) is 0 Å². The third-order valence-corrected chi connectivity index (χ3v) is 5.22. The predicted octanol–water partition coefficient (Wildman–Crippen LogP) is 3.68. The third-order valence-electron chi connectivity index (χ3n) is 4.25. The molecule has 0 bridgehead atoms. The van der Waals surface area contributed by atoms with Crippen molar-refractivity contribution in [2.75, 3.05) is 5.75 Å². The Labute approximate surface area is 174 Å². The highest BCUT2D eigenvalue weighted by molar-refractivity contribution is 7.99. The van der Waals surface area contributed by atoms with E-state index in [-0.39, 0.29) is 24.0 Å². The molecule has 0 aliphatic rings. The van der Waals surface area contributed by atoms with E-state index < -0.39 is 0 Å². The van der Waals surface area contributed by atoms with E-state index in [4.69, 9.17) is 0 Å². The molecule has 0 aliphatic carbocycles. The van der Waals surface area contributed by atoms with Gasteiger partial charge in [-0.05, 0) is 19.1 Å². The Bertz CT molecular complexity index is 997. The van der Waals surface area contributed by atoms with Crippen LogP contribution in [0.15, 0.2) is 72.4 Å². The largest absolute Gasteiger partial charge is 0.345 e. The van der Waals surface area contributed by atoms with Gasteiger partial charge in [0.2, 0.25) is 0 Å². The van der Waals surface area contributed by atoms with Crippen molar-refractivity contribution >= 4 is 23.5 Å². The first-order chi connectivity index (χ1) is 14.1. The number of aromatic nitrogens is 3.